The molecule has 0 atom stereocenters. The van der Waals surface area contributed by atoms with Gasteiger partial charge in [-0.15, -0.1) is 0 Å². The van der Waals surface area contributed by atoms with E-state index in [2.05, 4.69) is 12.6 Å². The minimum absolute atomic E-state index is 0.0258. The van der Waals surface area contributed by atoms with Gasteiger partial charge in [-0.25, -0.2) is 4.79 Å². The number of likely N-dealkylation sites (tertiary alicyclic amines) is 1. The first kappa shape index (κ1) is 11.8. The summed E-state index contributed by atoms with van der Waals surface area (Å²) in [5.41, 5.74) is -0.686. The molecule has 0 bridgehead atoms. The first-order valence-corrected chi connectivity index (χ1v) is 6.54. The Balaban J connectivity index is 2.04. The van der Waals surface area contributed by atoms with Crippen LogP contribution in [0.5, 0.6) is 0 Å². The first-order chi connectivity index (χ1) is 8.54. The molecule has 0 radical (unpaired) electrons. The molecule has 5 nitrogen and oxygen atoms in total. The molecule has 1 heterocycles. The fraction of sp³-hybridized carbons (Fsp3) is 0.583. The Hall–Kier alpha value is -1.30. The molecule has 0 aromatic carbocycles. The summed E-state index contributed by atoms with van der Waals surface area (Å²) in [6, 6.07) is 0. The summed E-state index contributed by atoms with van der Waals surface area (Å²) >= 11 is 3.96. The summed E-state index contributed by atoms with van der Waals surface area (Å²) in [5.74, 6) is -1.32. The standard InChI is InChI=1S/C12H13NO4S/c14-5-7(6-18)8(9(15)16)13-10(17)11(1-2-11)12(13)3-4-12/h5,18H,1-4,6H2,(H,15,16)/b8-7-. The molecule has 3 rings (SSSR count). The Kier molecular flexibility index (Phi) is 2.21. The second-order valence-corrected chi connectivity index (χ2v) is 5.53. The van der Waals surface area contributed by atoms with E-state index in [9.17, 15) is 19.5 Å². The largest absolute Gasteiger partial charge is 0.477 e. The van der Waals surface area contributed by atoms with Crippen LogP contribution in [0.4, 0.5) is 0 Å². The molecule has 2 aliphatic carbocycles. The Bertz CT molecular complexity index is 502. The third-order valence-electron chi connectivity index (χ3n) is 4.45. The zero-order valence-electron chi connectivity index (χ0n) is 9.68. The lowest BCUT2D eigenvalue weighted by Gasteiger charge is -2.49. The predicted molar refractivity (Wildman–Crippen MR) is 65.1 cm³/mol. The first-order valence-electron chi connectivity index (χ1n) is 5.91. The number of β-lactam (4-membered cyclic amide) rings is 1. The number of amides is 1. The van der Waals surface area contributed by atoms with E-state index in [1.54, 1.807) is 0 Å². The summed E-state index contributed by atoms with van der Waals surface area (Å²) in [6.07, 6.45) is 3.87. The average molecular weight is 267 g/mol. The Morgan fingerprint density at radius 1 is 1.39 bits per heavy atom. The molecule has 1 amide bonds. The summed E-state index contributed by atoms with van der Waals surface area (Å²) in [4.78, 5) is 35.8. The normalized spacial score (nSPS) is 26.7. The topological polar surface area (TPSA) is 74.7 Å². The molecule has 3 aliphatic rings. The molecule has 1 saturated heterocycles. The molecule has 2 spiro atoms. The fourth-order valence-electron chi connectivity index (χ4n) is 3.25. The maximum Gasteiger partial charge on any atom is 0.353 e. The Morgan fingerprint density at radius 2 is 2.00 bits per heavy atom. The highest BCUT2D eigenvalue weighted by atomic mass is 32.1. The lowest BCUT2D eigenvalue weighted by Crippen LogP contribution is -2.65. The van der Waals surface area contributed by atoms with E-state index in [-0.39, 0.29) is 33.9 Å². The molecular weight excluding hydrogens is 254 g/mol. The van der Waals surface area contributed by atoms with E-state index in [1.165, 1.54) is 4.90 Å². The van der Waals surface area contributed by atoms with Gasteiger partial charge < -0.3 is 5.11 Å². The molecule has 1 aliphatic heterocycles. The summed E-state index contributed by atoms with van der Waals surface area (Å²) in [6.45, 7) is 0. The van der Waals surface area contributed by atoms with Gasteiger partial charge >= 0.3 is 5.97 Å². The van der Waals surface area contributed by atoms with Crippen molar-refractivity contribution >= 4 is 30.8 Å². The van der Waals surface area contributed by atoms with E-state index in [0.29, 0.717) is 6.29 Å². The van der Waals surface area contributed by atoms with Crippen LogP contribution in [0, 0.1) is 5.41 Å². The molecule has 6 heteroatoms. The zero-order chi connectivity index (χ0) is 13.1. The van der Waals surface area contributed by atoms with Crippen molar-refractivity contribution in [1.82, 2.24) is 4.90 Å². The van der Waals surface area contributed by atoms with E-state index < -0.39 is 5.97 Å². The molecular formula is C12H13NO4S. The van der Waals surface area contributed by atoms with Gasteiger partial charge in [-0.1, -0.05) is 0 Å². The third-order valence-corrected chi connectivity index (χ3v) is 4.79. The van der Waals surface area contributed by atoms with Crippen LogP contribution in [0.2, 0.25) is 0 Å². The molecule has 2 saturated carbocycles. The van der Waals surface area contributed by atoms with Crippen LogP contribution in [0.3, 0.4) is 0 Å². The molecule has 0 unspecified atom stereocenters. The van der Waals surface area contributed by atoms with Crippen molar-refractivity contribution < 1.29 is 19.5 Å². The van der Waals surface area contributed by atoms with Gasteiger partial charge in [0.2, 0.25) is 5.91 Å². The number of hydrogen-bond donors (Lipinski definition) is 2. The molecule has 96 valence electrons. The van der Waals surface area contributed by atoms with Gasteiger partial charge in [0.1, 0.15) is 12.0 Å². The quantitative estimate of drug-likeness (QED) is 0.339. The maximum atomic E-state index is 12.2. The van der Waals surface area contributed by atoms with Gasteiger partial charge in [-0.3, -0.25) is 14.5 Å². The van der Waals surface area contributed by atoms with Gasteiger partial charge in [0.05, 0.1) is 11.0 Å². The highest BCUT2D eigenvalue weighted by Gasteiger charge is 2.82. The van der Waals surface area contributed by atoms with Crippen LogP contribution in [0.15, 0.2) is 11.3 Å². The van der Waals surface area contributed by atoms with Crippen molar-refractivity contribution in [3.05, 3.63) is 11.3 Å². The van der Waals surface area contributed by atoms with Gasteiger partial charge in [0.25, 0.3) is 0 Å². The van der Waals surface area contributed by atoms with Crippen molar-refractivity contribution in [3.63, 3.8) is 0 Å². The van der Waals surface area contributed by atoms with Crippen LogP contribution in [-0.2, 0) is 14.4 Å². The van der Waals surface area contributed by atoms with E-state index >= 15 is 0 Å². The number of aliphatic carboxylic acids is 1. The van der Waals surface area contributed by atoms with E-state index in [1.807, 2.05) is 0 Å². The van der Waals surface area contributed by atoms with Crippen molar-refractivity contribution in [3.8, 4) is 0 Å². The van der Waals surface area contributed by atoms with Crippen molar-refractivity contribution in [2.45, 2.75) is 31.2 Å². The number of nitrogens with zero attached hydrogens (tertiary/aromatic N) is 1. The summed E-state index contributed by atoms with van der Waals surface area (Å²) in [5, 5.41) is 9.27. The maximum absolute atomic E-state index is 12.2. The molecule has 0 aromatic heterocycles. The monoisotopic (exact) mass is 267 g/mol. The molecule has 1 N–H and O–H groups in total. The lowest BCUT2D eigenvalue weighted by molar-refractivity contribution is -0.163. The van der Waals surface area contributed by atoms with Crippen molar-refractivity contribution in [2.75, 3.05) is 5.75 Å². The van der Waals surface area contributed by atoms with Gasteiger partial charge in [-0.05, 0) is 25.7 Å². The SMILES string of the molecule is O=C/C(CS)=C(\C(=O)O)N1C(=O)C2(CC2)C12CC2. The number of thiol groups is 1. The van der Waals surface area contributed by atoms with Crippen LogP contribution >= 0.6 is 12.6 Å². The highest BCUT2D eigenvalue weighted by molar-refractivity contribution is 7.80. The average Bonchev–Trinajstić information content (AvgIpc) is 3.19. The Morgan fingerprint density at radius 3 is 2.33 bits per heavy atom. The van der Waals surface area contributed by atoms with Crippen LogP contribution < -0.4 is 0 Å². The number of carboxylic acid groups (broad SMARTS) is 1. The van der Waals surface area contributed by atoms with Crippen molar-refractivity contribution in [2.24, 2.45) is 5.41 Å². The molecule has 3 fully saturated rings. The zero-order valence-corrected chi connectivity index (χ0v) is 10.6. The van der Waals surface area contributed by atoms with Crippen LogP contribution in [0.1, 0.15) is 25.7 Å². The fourth-order valence-corrected chi connectivity index (χ4v) is 3.48. The minimum Gasteiger partial charge on any atom is -0.477 e. The van der Waals surface area contributed by atoms with E-state index in [0.717, 1.165) is 25.7 Å². The second-order valence-electron chi connectivity index (χ2n) is 5.21. The number of aldehydes is 1. The minimum atomic E-state index is -1.22. The van der Waals surface area contributed by atoms with Gasteiger partial charge in [0.15, 0.2) is 0 Å². The Labute approximate surface area is 109 Å². The number of carboxylic acids is 1. The smallest absolute Gasteiger partial charge is 0.353 e. The van der Waals surface area contributed by atoms with E-state index in [4.69, 9.17) is 0 Å². The summed E-state index contributed by atoms with van der Waals surface area (Å²) in [7, 11) is 0. The number of hydrogen-bond acceptors (Lipinski definition) is 4. The highest BCUT2D eigenvalue weighted by Crippen LogP contribution is 2.75. The number of rotatable bonds is 4. The van der Waals surface area contributed by atoms with Crippen LogP contribution in [-0.4, -0.2) is 39.5 Å². The third kappa shape index (κ3) is 1.12. The molecule has 0 aromatic rings. The number of fused-ring (bicyclic) bond motifs is 1. The van der Waals surface area contributed by atoms with Gasteiger partial charge in [-0.2, -0.15) is 12.6 Å². The van der Waals surface area contributed by atoms with Gasteiger partial charge in [0, 0.05) is 11.3 Å². The predicted octanol–water partition coefficient (Wildman–Crippen LogP) is 0.609. The lowest BCUT2D eigenvalue weighted by atomic mass is 9.79. The molecule has 18 heavy (non-hydrogen) atoms. The number of carbonyl (C=O) groups is 3. The summed E-state index contributed by atoms with van der Waals surface area (Å²) < 4.78 is 0. The number of carbonyl (C=O) groups excluding carboxylic acids is 2. The van der Waals surface area contributed by atoms with Crippen molar-refractivity contribution in [1.29, 1.82) is 0 Å². The second kappa shape index (κ2) is 3.38. The van der Waals surface area contributed by atoms with Crippen LogP contribution in [0.25, 0.3) is 0 Å².